The van der Waals surface area contributed by atoms with E-state index in [1.165, 1.54) is 19.3 Å². The maximum Gasteiger partial charge on any atom is 0.192 e. The van der Waals surface area contributed by atoms with Crippen molar-refractivity contribution in [1.82, 2.24) is 15.0 Å². The minimum Gasteiger partial charge on any atom is -0.428 e. The molecule has 0 unspecified atom stereocenters. The summed E-state index contributed by atoms with van der Waals surface area (Å²) >= 11 is 1.86. The van der Waals surface area contributed by atoms with Crippen LogP contribution in [0.4, 0.5) is 0 Å². The Bertz CT molecular complexity index is 1180. The van der Waals surface area contributed by atoms with Crippen molar-refractivity contribution in [1.29, 1.82) is 0 Å². The summed E-state index contributed by atoms with van der Waals surface area (Å²) in [6.07, 6.45) is 9.64. The molecule has 4 aliphatic carbocycles. The molecular weight excluding hydrogens is 581 g/mol. The molecule has 1 N–H and O–H groups in total. The van der Waals surface area contributed by atoms with Crippen molar-refractivity contribution < 1.29 is 17.7 Å². The summed E-state index contributed by atoms with van der Waals surface area (Å²) in [6.45, 7) is 5.47. The molecule has 0 aliphatic heterocycles. The Labute approximate surface area is 233 Å². The number of carbonyl (C=O) groups excluding carboxylic acids is 1. The molecule has 4 fully saturated rings. The monoisotopic (exact) mass is 621 g/mol. The molecule has 4 saturated carbocycles. The summed E-state index contributed by atoms with van der Waals surface area (Å²) in [4.78, 5) is 15.3. The fourth-order valence-electron chi connectivity index (χ4n) is 9.62. The number of aromatic nitrogens is 3. The molecular formula is C29H40IN3O4. The zero-order valence-corrected chi connectivity index (χ0v) is 24.4. The van der Waals surface area contributed by atoms with E-state index >= 15 is 0 Å². The number of halogens is 1. The number of rotatable bonds is 6. The van der Waals surface area contributed by atoms with Gasteiger partial charge in [0, 0.05) is 19.1 Å². The molecule has 1 heterocycles. The second-order valence-electron chi connectivity index (χ2n) is 13.1. The fourth-order valence-corrected chi connectivity index (χ4v) is 9.89. The Hall–Kier alpha value is -1.26. The first kappa shape index (κ1) is 26.0. The van der Waals surface area contributed by atoms with Crippen LogP contribution in [-0.2, 0) is 16.1 Å². The lowest BCUT2D eigenvalue weighted by molar-refractivity contribution is -0.175. The summed E-state index contributed by atoms with van der Waals surface area (Å²) in [7, 11) is 1.85. The molecule has 0 amide bonds. The molecule has 1 aromatic heterocycles. The van der Waals surface area contributed by atoms with Gasteiger partial charge in [-0.2, -0.15) is 15.0 Å². The van der Waals surface area contributed by atoms with Gasteiger partial charge in [-0.25, -0.2) is 0 Å². The summed E-state index contributed by atoms with van der Waals surface area (Å²) < 4.78 is 11.2. The number of benzene rings is 1. The van der Waals surface area contributed by atoms with Crippen LogP contribution in [0, 0.1) is 40.4 Å². The second-order valence-corrected chi connectivity index (χ2v) is 13.6. The molecule has 1 aromatic carbocycles. The van der Waals surface area contributed by atoms with Crippen molar-refractivity contribution in [3.63, 3.8) is 0 Å². The number of fused-ring (bicyclic) bond motifs is 6. The molecule has 6 rings (SSSR count). The molecule has 7 nitrogen and oxygen atoms in total. The Kier molecular flexibility index (Phi) is 6.63. The third-order valence-electron chi connectivity index (χ3n) is 11.2. The minimum absolute atomic E-state index is 0.0499. The standard InChI is InChI=1S/C29H40IN3O4/c1-27(35)12-13-29(17-36-3)18(15-27)4-6-20-21-7-8-23(28(21,2)11-10-22(20)29)26(34)16-33-31-24-9-5-19(37-30)14-25(24)32-33/h5,9,14,18,20-23,35H,4,6-8,10-13,15-17H2,1-3H3/t18-,20+,21+,22+,23-,27-,28+,29-/m1/s1. The van der Waals surface area contributed by atoms with Crippen LogP contribution in [0.25, 0.3) is 11.0 Å². The van der Waals surface area contributed by atoms with E-state index in [9.17, 15) is 9.90 Å². The van der Waals surface area contributed by atoms with E-state index in [4.69, 9.17) is 7.80 Å². The van der Waals surface area contributed by atoms with Gasteiger partial charge in [0.1, 0.15) is 23.3 Å². The number of methoxy groups -OCH3 is 1. The van der Waals surface area contributed by atoms with Crippen molar-refractivity contribution in [3.05, 3.63) is 18.2 Å². The number of hydrogen-bond acceptors (Lipinski definition) is 6. The minimum atomic E-state index is -0.543. The van der Waals surface area contributed by atoms with E-state index in [1.54, 1.807) is 4.80 Å². The lowest BCUT2D eigenvalue weighted by atomic mass is 9.43. The van der Waals surface area contributed by atoms with Crippen LogP contribution in [0.5, 0.6) is 5.75 Å². The molecule has 0 bridgehead atoms. The lowest BCUT2D eigenvalue weighted by Crippen LogP contribution is -2.58. The van der Waals surface area contributed by atoms with Crippen LogP contribution in [0.2, 0.25) is 0 Å². The highest BCUT2D eigenvalue weighted by Gasteiger charge is 2.63. The van der Waals surface area contributed by atoms with Gasteiger partial charge in [-0.05, 0) is 111 Å². The van der Waals surface area contributed by atoms with Gasteiger partial charge in [0.2, 0.25) is 0 Å². The summed E-state index contributed by atoms with van der Waals surface area (Å²) in [5, 5.41) is 20.0. The largest absolute Gasteiger partial charge is 0.428 e. The summed E-state index contributed by atoms with van der Waals surface area (Å²) in [5.74, 6) is 3.51. The molecule has 202 valence electrons. The van der Waals surface area contributed by atoms with Crippen LogP contribution in [0.3, 0.4) is 0 Å². The Morgan fingerprint density at radius 2 is 1.89 bits per heavy atom. The number of aliphatic hydroxyl groups is 1. The number of nitrogens with zero attached hydrogens (tertiary/aromatic N) is 3. The topological polar surface area (TPSA) is 86.5 Å². The van der Waals surface area contributed by atoms with E-state index in [2.05, 4.69) is 17.1 Å². The number of Topliss-reactive ketones (excluding diaryl/α,β-unsaturated/α-hetero) is 1. The SMILES string of the molecule is COC[C@]12CC[C@@](C)(O)C[C@H]1CC[C@H]1[C@@H]3CC[C@H](C(=O)Cn4nc5ccc(OI)cc5n4)[C@@]3(C)CC[C@@H]12. The highest BCUT2D eigenvalue weighted by Crippen LogP contribution is 2.68. The number of hydrogen-bond donors (Lipinski definition) is 1. The molecule has 8 heteroatoms. The second kappa shape index (κ2) is 9.44. The van der Waals surface area contributed by atoms with Crippen LogP contribution >= 0.6 is 23.0 Å². The summed E-state index contributed by atoms with van der Waals surface area (Å²) in [6, 6.07) is 5.62. The van der Waals surface area contributed by atoms with Gasteiger partial charge in [-0.15, -0.1) is 0 Å². The zero-order valence-electron chi connectivity index (χ0n) is 22.3. The summed E-state index contributed by atoms with van der Waals surface area (Å²) in [5.41, 5.74) is 1.23. The van der Waals surface area contributed by atoms with Gasteiger partial charge in [-0.1, -0.05) is 6.92 Å². The highest BCUT2D eigenvalue weighted by atomic mass is 127. The maximum absolute atomic E-state index is 13.7. The molecule has 37 heavy (non-hydrogen) atoms. The predicted molar refractivity (Wildman–Crippen MR) is 149 cm³/mol. The Morgan fingerprint density at radius 3 is 2.68 bits per heavy atom. The molecule has 0 spiro atoms. The van der Waals surface area contributed by atoms with Crippen LogP contribution < -0.4 is 3.07 Å². The van der Waals surface area contributed by atoms with Gasteiger partial charge in [0.05, 0.1) is 12.2 Å². The smallest absolute Gasteiger partial charge is 0.192 e. The van der Waals surface area contributed by atoms with E-state index in [0.717, 1.165) is 61.9 Å². The van der Waals surface area contributed by atoms with Crippen molar-refractivity contribution in [2.45, 2.75) is 83.8 Å². The Morgan fingerprint density at radius 1 is 1.08 bits per heavy atom. The maximum atomic E-state index is 13.7. The van der Waals surface area contributed by atoms with Crippen molar-refractivity contribution in [2.24, 2.45) is 40.4 Å². The normalized spacial score (nSPS) is 41.2. The third kappa shape index (κ3) is 4.24. The lowest BCUT2D eigenvalue weighted by Gasteiger charge is -2.62. The van der Waals surface area contributed by atoms with Crippen molar-refractivity contribution in [3.8, 4) is 5.75 Å². The molecule has 8 atom stereocenters. The Balaban J connectivity index is 1.21. The first-order valence-corrected chi connectivity index (χ1v) is 14.9. The molecule has 0 saturated heterocycles. The number of ketones is 1. The van der Waals surface area contributed by atoms with E-state index in [0.29, 0.717) is 23.7 Å². The van der Waals surface area contributed by atoms with E-state index in [1.807, 2.05) is 55.2 Å². The number of carbonyl (C=O) groups is 1. The average Bonchev–Trinajstić information content (AvgIpc) is 3.43. The first-order chi connectivity index (χ1) is 17.7. The average molecular weight is 622 g/mol. The zero-order chi connectivity index (χ0) is 26.0. The van der Waals surface area contributed by atoms with Gasteiger partial charge in [0.25, 0.3) is 0 Å². The van der Waals surface area contributed by atoms with Gasteiger partial charge >= 0.3 is 0 Å². The van der Waals surface area contributed by atoms with E-state index < -0.39 is 5.60 Å². The quantitative estimate of drug-likeness (QED) is 0.413. The van der Waals surface area contributed by atoms with Crippen molar-refractivity contribution in [2.75, 3.05) is 13.7 Å². The van der Waals surface area contributed by atoms with Crippen LogP contribution in [0.15, 0.2) is 18.2 Å². The molecule has 0 radical (unpaired) electrons. The first-order valence-electron chi connectivity index (χ1n) is 14.1. The van der Waals surface area contributed by atoms with Gasteiger partial charge in [-0.3, -0.25) is 4.79 Å². The number of ether oxygens (including phenoxy) is 1. The van der Waals surface area contributed by atoms with Crippen molar-refractivity contribution >= 4 is 39.8 Å². The van der Waals surface area contributed by atoms with Crippen LogP contribution in [0.1, 0.15) is 71.6 Å². The predicted octanol–water partition coefficient (Wildman–Crippen LogP) is 5.77. The van der Waals surface area contributed by atoms with Gasteiger partial charge < -0.3 is 12.9 Å². The third-order valence-corrected chi connectivity index (χ3v) is 11.7. The molecule has 2 aromatic rings. The van der Waals surface area contributed by atoms with Crippen LogP contribution in [-0.4, -0.2) is 45.2 Å². The fraction of sp³-hybridized carbons (Fsp3) is 0.759. The van der Waals surface area contributed by atoms with E-state index in [-0.39, 0.29) is 29.1 Å². The highest BCUT2D eigenvalue weighted by molar-refractivity contribution is 14.1. The van der Waals surface area contributed by atoms with Gasteiger partial charge in [0.15, 0.2) is 28.8 Å². The molecule has 4 aliphatic rings.